The first-order valence-electron chi connectivity index (χ1n) is 9.70. The Hall–Kier alpha value is -2.41. The first-order valence-corrected chi connectivity index (χ1v) is 9.70. The Labute approximate surface area is 169 Å². The van der Waals surface area contributed by atoms with E-state index in [-0.39, 0.29) is 23.1 Å². The van der Waals surface area contributed by atoms with E-state index < -0.39 is 0 Å². The maximum atomic E-state index is 5.60. The molecule has 0 saturated carbocycles. The minimum Gasteiger partial charge on any atom is -0.459 e. The lowest BCUT2D eigenvalue weighted by molar-refractivity contribution is 0.170. The van der Waals surface area contributed by atoms with Crippen molar-refractivity contribution >= 4 is 11.9 Å². The van der Waals surface area contributed by atoms with Crippen molar-refractivity contribution in [1.82, 2.24) is 20.3 Å². The van der Waals surface area contributed by atoms with E-state index in [0.717, 1.165) is 12.8 Å². The van der Waals surface area contributed by atoms with Crippen LogP contribution in [0.15, 0.2) is 38.0 Å². The first-order chi connectivity index (χ1) is 13.2. The first kappa shape index (κ1) is 21.9. The van der Waals surface area contributed by atoms with Crippen molar-refractivity contribution in [2.24, 2.45) is 0 Å². The molecule has 7 nitrogen and oxygen atoms in total. The van der Waals surface area contributed by atoms with Crippen LogP contribution in [0.2, 0.25) is 0 Å². The van der Waals surface area contributed by atoms with E-state index >= 15 is 0 Å². The monoisotopic (exact) mass is 386 g/mol. The number of hydrogen-bond acceptors (Lipinski definition) is 7. The number of rotatable bonds is 10. The molecule has 1 fully saturated rings. The molecule has 1 aromatic rings. The number of anilines is 2. The molecule has 0 spiro atoms. The van der Waals surface area contributed by atoms with Crippen molar-refractivity contribution in [3.05, 3.63) is 38.0 Å². The summed E-state index contributed by atoms with van der Waals surface area (Å²) >= 11 is 0. The number of nitrogens with zero attached hydrogens (tertiary/aromatic N) is 4. The molecule has 1 aliphatic rings. The molecular weight excluding hydrogens is 352 g/mol. The molecule has 7 heteroatoms. The van der Waals surface area contributed by atoms with Crippen LogP contribution in [-0.2, 0) is 0 Å². The van der Waals surface area contributed by atoms with Crippen molar-refractivity contribution in [1.29, 1.82) is 0 Å². The standard InChI is InChI=1S/C21H34N6O/c1-8-11-27(12-9-2)18-23-17(24-19(25-18)28-13-10-3)22-16-14-20(4,5)26-21(6,7)15-16/h8-10,16,26H,1-3,11-15H2,4-7H3,(H,22,23,24,25). The Morgan fingerprint density at radius 1 is 1.04 bits per heavy atom. The average Bonchev–Trinajstić information content (AvgIpc) is 2.56. The molecule has 0 bridgehead atoms. The fourth-order valence-electron chi connectivity index (χ4n) is 3.91. The molecule has 0 aliphatic carbocycles. The highest BCUT2D eigenvalue weighted by Crippen LogP contribution is 2.30. The molecule has 2 N–H and O–H groups in total. The third kappa shape index (κ3) is 6.34. The zero-order valence-electron chi connectivity index (χ0n) is 17.7. The quantitative estimate of drug-likeness (QED) is 0.597. The second-order valence-corrected chi connectivity index (χ2v) is 8.47. The number of nitrogens with one attached hydrogen (secondary N) is 2. The van der Waals surface area contributed by atoms with Crippen LogP contribution in [0, 0.1) is 0 Å². The summed E-state index contributed by atoms with van der Waals surface area (Å²) in [5.74, 6) is 1.05. The van der Waals surface area contributed by atoms with E-state index in [2.05, 4.69) is 73.0 Å². The summed E-state index contributed by atoms with van der Waals surface area (Å²) in [6.07, 6.45) is 7.21. The Morgan fingerprint density at radius 2 is 1.64 bits per heavy atom. The van der Waals surface area contributed by atoms with Crippen LogP contribution in [0.5, 0.6) is 6.01 Å². The molecule has 2 rings (SSSR count). The van der Waals surface area contributed by atoms with Crippen molar-refractivity contribution < 1.29 is 4.74 Å². The summed E-state index contributed by atoms with van der Waals surface area (Å²) in [6, 6.07) is 0.513. The van der Waals surface area contributed by atoms with E-state index in [0.29, 0.717) is 31.6 Å². The van der Waals surface area contributed by atoms with E-state index in [4.69, 9.17) is 4.74 Å². The molecule has 0 amide bonds. The van der Waals surface area contributed by atoms with Gasteiger partial charge in [0.2, 0.25) is 11.9 Å². The van der Waals surface area contributed by atoms with E-state index in [1.165, 1.54) is 0 Å². The molecule has 154 valence electrons. The number of aromatic nitrogens is 3. The Kier molecular flexibility index (Phi) is 7.18. The molecule has 0 unspecified atom stereocenters. The van der Waals surface area contributed by atoms with Crippen molar-refractivity contribution in [2.75, 3.05) is 29.9 Å². The fourth-order valence-corrected chi connectivity index (χ4v) is 3.91. The van der Waals surface area contributed by atoms with Gasteiger partial charge in [-0.3, -0.25) is 0 Å². The van der Waals surface area contributed by atoms with Gasteiger partial charge in [-0.15, -0.1) is 13.2 Å². The molecule has 28 heavy (non-hydrogen) atoms. The van der Waals surface area contributed by atoms with Gasteiger partial charge in [0.05, 0.1) is 0 Å². The van der Waals surface area contributed by atoms with Gasteiger partial charge in [-0.1, -0.05) is 24.8 Å². The average molecular weight is 387 g/mol. The highest BCUT2D eigenvalue weighted by atomic mass is 16.5. The summed E-state index contributed by atoms with van der Waals surface area (Å²) in [5, 5.41) is 7.19. The van der Waals surface area contributed by atoms with Crippen molar-refractivity contribution in [3.8, 4) is 6.01 Å². The molecule has 1 saturated heterocycles. The highest BCUT2D eigenvalue weighted by molar-refractivity contribution is 5.40. The molecule has 0 aromatic carbocycles. The van der Waals surface area contributed by atoms with Gasteiger partial charge in [0, 0.05) is 30.2 Å². The van der Waals surface area contributed by atoms with Crippen LogP contribution >= 0.6 is 0 Å². The molecule has 0 radical (unpaired) electrons. The maximum Gasteiger partial charge on any atom is 0.323 e. The normalized spacial score (nSPS) is 18.1. The molecule has 1 aliphatic heterocycles. The Bertz CT molecular complexity index is 674. The van der Waals surface area contributed by atoms with E-state index in [1.54, 1.807) is 6.08 Å². The third-order valence-electron chi connectivity index (χ3n) is 4.44. The van der Waals surface area contributed by atoms with Gasteiger partial charge in [-0.25, -0.2) is 0 Å². The fraction of sp³-hybridized carbons (Fsp3) is 0.571. The zero-order valence-corrected chi connectivity index (χ0v) is 17.7. The summed E-state index contributed by atoms with van der Waals surface area (Å²) in [5.41, 5.74) is 0.0460. The van der Waals surface area contributed by atoms with Gasteiger partial charge < -0.3 is 20.3 Å². The Morgan fingerprint density at radius 3 is 2.18 bits per heavy atom. The smallest absolute Gasteiger partial charge is 0.323 e. The zero-order chi connectivity index (χ0) is 20.8. The van der Waals surface area contributed by atoms with E-state index in [1.807, 2.05) is 17.1 Å². The topological polar surface area (TPSA) is 75.2 Å². The molecular formula is C21H34N6O. The number of hydrogen-bond donors (Lipinski definition) is 2. The van der Waals surface area contributed by atoms with Crippen molar-refractivity contribution in [3.63, 3.8) is 0 Å². The van der Waals surface area contributed by atoms with Gasteiger partial charge in [0.15, 0.2) is 0 Å². The minimum atomic E-state index is 0.0230. The predicted octanol–water partition coefficient (Wildman–Crippen LogP) is 3.34. The maximum absolute atomic E-state index is 5.60. The van der Waals surface area contributed by atoms with Crippen LogP contribution < -0.4 is 20.3 Å². The summed E-state index contributed by atoms with van der Waals surface area (Å²) < 4.78 is 5.60. The second kappa shape index (κ2) is 9.19. The highest BCUT2D eigenvalue weighted by Gasteiger charge is 2.38. The van der Waals surface area contributed by atoms with Crippen molar-refractivity contribution in [2.45, 2.75) is 57.7 Å². The van der Waals surface area contributed by atoms with Crippen LogP contribution in [0.4, 0.5) is 11.9 Å². The summed E-state index contributed by atoms with van der Waals surface area (Å²) in [4.78, 5) is 15.5. The SMILES string of the molecule is C=CCOc1nc(NC2CC(C)(C)NC(C)(C)C2)nc(N(CC=C)CC=C)n1. The predicted molar refractivity (Wildman–Crippen MR) is 116 cm³/mol. The number of ether oxygens (including phenoxy) is 1. The van der Waals surface area contributed by atoms with Gasteiger partial charge in [-0.05, 0) is 40.5 Å². The van der Waals surface area contributed by atoms with E-state index in [9.17, 15) is 0 Å². The van der Waals surface area contributed by atoms with Gasteiger partial charge >= 0.3 is 6.01 Å². The van der Waals surface area contributed by atoms with Gasteiger partial charge in [0.1, 0.15) is 6.61 Å². The largest absolute Gasteiger partial charge is 0.459 e. The van der Waals surface area contributed by atoms with Gasteiger partial charge in [0.25, 0.3) is 0 Å². The lowest BCUT2D eigenvalue weighted by atomic mass is 9.80. The lowest BCUT2D eigenvalue weighted by Gasteiger charge is -2.46. The molecule has 2 heterocycles. The summed E-state index contributed by atoms with van der Waals surface area (Å²) in [7, 11) is 0. The van der Waals surface area contributed by atoms with Gasteiger partial charge in [-0.2, -0.15) is 15.0 Å². The minimum absolute atomic E-state index is 0.0230. The second-order valence-electron chi connectivity index (χ2n) is 8.47. The van der Waals surface area contributed by atoms with Crippen LogP contribution in [0.1, 0.15) is 40.5 Å². The van der Waals surface area contributed by atoms with Crippen LogP contribution in [0.25, 0.3) is 0 Å². The molecule has 0 atom stereocenters. The third-order valence-corrected chi connectivity index (χ3v) is 4.44. The Balaban J connectivity index is 2.30. The van der Waals surface area contributed by atoms with Crippen LogP contribution in [0.3, 0.4) is 0 Å². The molecule has 1 aromatic heterocycles. The lowest BCUT2D eigenvalue weighted by Crippen LogP contribution is -2.60. The number of piperidine rings is 1. The summed E-state index contributed by atoms with van der Waals surface area (Å²) in [6.45, 7) is 21.7. The van der Waals surface area contributed by atoms with Crippen LogP contribution in [-0.4, -0.2) is 51.8 Å².